The van der Waals surface area contributed by atoms with Gasteiger partial charge in [-0.15, -0.1) is 0 Å². The Hall–Kier alpha value is -2.39. The van der Waals surface area contributed by atoms with Crippen molar-refractivity contribution < 1.29 is 4.79 Å². The highest BCUT2D eigenvalue weighted by Gasteiger charge is 2.22. The maximum absolute atomic E-state index is 11.8. The average Bonchev–Trinajstić information content (AvgIpc) is 3.28. The number of likely N-dealkylation sites (N-methyl/N-ethyl adjacent to an activating group) is 1. The van der Waals surface area contributed by atoms with Crippen LogP contribution in [-0.2, 0) is 11.3 Å². The molecule has 2 aromatic rings. The van der Waals surface area contributed by atoms with E-state index in [0.717, 1.165) is 19.4 Å². The van der Waals surface area contributed by atoms with Gasteiger partial charge in [0.15, 0.2) is 5.82 Å². The predicted molar refractivity (Wildman–Crippen MR) is 101 cm³/mol. The maximum atomic E-state index is 11.8. The lowest BCUT2D eigenvalue weighted by molar-refractivity contribution is -0.129. The second-order valence-electron chi connectivity index (χ2n) is 6.43. The van der Waals surface area contributed by atoms with E-state index in [-0.39, 0.29) is 18.6 Å². The van der Waals surface area contributed by atoms with E-state index in [1.807, 2.05) is 11.9 Å². The molecule has 10 heteroatoms. The fourth-order valence-electron chi connectivity index (χ4n) is 2.73. The highest BCUT2D eigenvalue weighted by molar-refractivity contribution is 6.32. The van der Waals surface area contributed by atoms with Crippen molar-refractivity contribution in [3.63, 3.8) is 0 Å². The monoisotopic (exact) mass is 378 g/mol. The smallest absolute Gasteiger partial charge is 0.243 e. The summed E-state index contributed by atoms with van der Waals surface area (Å²) in [6.45, 7) is 1.17. The minimum Gasteiger partial charge on any atom is -0.347 e. The highest BCUT2D eigenvalue weighted by atomic mass is 35.5. The van der Waals surface area contributed by atoms with Gasteiger partial charge in [-0.3, -0.25) is 14.8 Å². The fraction of sp³-hybridized carbons (Fsp3) is 0.500. The van der Waals surface area contributed by atoms with Crippen LogP contribution in [0.4, 0.5) is 17.5 Å². The minimum absolute atomic E-state index is 0.0321. The fourth-order valence-corrected chi connectivity index (χ4v) is 2.96. The number of hydrogen-bond donors (Lipinski definition) is 2. The molecular formula is C16H23ClN8O. The van der Waals surface area contributed by atoms with Crippen LogP contribution in [0.5, 0.6) is 0 Å². The Labute approximate surface area is 157 Å². The van der Waals surface area contributed by atoms with E-state index >= 15 is 0 Å². The summed E-state index contributed by atoms with van der Waals surface area (Å²) in [4.78, 5) is 24.1. The third kappa shape index (κ3) is 4.23. The SMILES string of the molecule is CN(C)C(=O)Cn1cc(Nc2ncc(Cl)c(N(C)[C@@H]3CCCN3)n2)cn1. The van der Waals surface area contributed by atoms with Crippen molar-refractivity contribution in [3.05, 3.63) is 23.6 Å². The molecule has 140 valence electrons. The second kappa shape index (κ2) is 7.88. The zero-order chi connectivity index (χ0) is 18.7. The molecule has 1 saturated heterocycles. The van der Waals surface area contributed by atoms with Gasteiger partial charge in [-0.25, -0.2) is 4.98 Å². The molecule has 1 amide bonds. The summed E-state index contributed by atoms with van der Waals surface area (Å²) >= 11 is 6.28. The van der Waals surface area contributed by atoms with Crippen LogP contribution in [0, 0.1) is 0 Å². The first-order valence-electron chi connectivity index (χ1n) is 8.42. The molecule has 2 aromatic heterocycles. The van der Waals surface area contributed by atoms with Crippen LogP contribution in [0.2, 0.25) is 5.02 Å². The topological polar surface area (TPSA) is 91.2 Å². The second-order valence-corrected chi connectivity index (χ2v) is 6.84. The third-order valence-corrected chi connectivity index (χ3v) is 4.51. The van der Waals surface area contributed by atoms with Gasteiger partial charge in [0, 0.05) is 27.3 Å². The van der Waals surface area contributed by atoms with E-state index in [1.165, 1.54) is 4.90 Å². The van der Waals surface area contributed by atoms with Crippen molar-refractivity contribution in [1.29, 1.82) is 0 Å². The van der Waals surface area contributed by atoms with Gasteiger partial charge >= 0.3 is 0 Å². The molecule has 2 N–H and O–H groups in total. The number of nitrogens with one attached hydrogen (secondary N) is 2. The number of aromatic nitrogens is 4. The molecule has 0 aliphatic carbocycles. The maximum Gasteiger partial charge on any atom is 0.243 e. The van der Waals surface area contributed by atoms with Gasteiger partial charge in [-0.2, -0.15) is 10.1 Å². The molecule has 9 nitrogen and oxygen atoms in total. The Kier molecular flexibility index (Phi) is 5.58. The molecule has 3 heterocycles. The Morgan fingerprint density at radius 1 is 1.42 bits per heavy atom. The van der Waals surface area contributed by atoms with Gasteiger partial charge in [0.2, 0.25) is 11.9 Å². The first-order chi connectivity index (χ1) is 12.4. The molecule has 0 spiro atoms. The molecule has 1 aliphatic heterocycles. The normalized spacial score (nSPS) is 16.5. The summed E-state index contributed by atoms with van der Waals surface area (Å²) in [5, 5.41) is 11.2. The van der Waals surface area contributed by atoms with Crippen molar-refractivity contribution in [1.82, 2.24) is 30.0 Å². The van der Waals surface area contributed by atoms with Crippen LogP contribution < -0.4 is 15.5 Å². The number of rotatable bonds is 6. The van der Waals surface area contributed by atoms with Crippen molar-refractivity contribution >= 4 is 35.0 Å². The van der Waals surface area contributed by atoms with E-state index < -0.39 is 0 Å². The summed E-state index contributed by atoms with van der Waals surface area (Å²) in [7, 11) is 5.39. The van der Waals surface area contributed by atoms with Crippen LogP contribution in [0.3, 0.4) is 0 Å². The Morgan fingerprint density at radius 3 is 2.92 bits per heavy atom. The van der Waals surface area contributed by atoms with Gasteiger partial charge in [0.05, 0.1) is 24.2 Å². The molecule has 0 saturated carbocycles. The number of carbonyl (C=O) groups excluding carboxylic acids is 1. The molecule has 26 heavy (non-hydrogen) atoms. The van der Waals surface area contributed by atoms with E-state index in [0.29, 0.717) is 22.5 Å². The summed E-state index contributed by atoms with van der Waals surface area (Å²) in [5.41, 5.74) is 0.700. The number of hydrogen-bond acceptors (Lipinski definition) is 7. The lowest BCUT2D eigenvalue weighted by Crippen LogP contribution is -2.39. The van der Waals surface area contributed by atoms with Gasteiger partial charge in [0.1, 0.15) is 11.6 Å². The Morgan fingerprint density at radius 2 is 2.23 bits per heavy atom. The first-order valence-corrected chi connectivity index (χ1v) is 8.80. The molecule has 0 radical (unpaired) electrons. The zero-order valence-corrected chi connectivity index (χ0v) is 15.9. The van der Waals surface area contributed by atoms with E-state index in [4.69, 9.17) is 11.6 Å². The third-order valence-electron chi connectivity index (χ3n) is 4.25. The van der Waals surface area contributed by atoms with Gasteiger partial charge in [-0.1, -0.05) is 11.6 Å². The standard InChI is InChI=1S/C16H23ClN8O/c1-23(2)14(26)10-25-9-11(7-20-25)21-16-19-8-12(17)15(22-16)24(3)13-5-4-6-18-13/h7-9,13,18H,4-6,10H2,1-3H3,(H,19,21,22)/t13-/m1/s1. The summed E-state index contributed by atoms with van der Waals surface area (Å²) in [5.74, 6) is 1.06. The Bertz CT molecular complexity index is 771. The minimum atomic E-state index is -0.0321. The summed E-state index contributed by atoms with van der Waals surface area (Å²) < 4.78 is 1.57. The first kappa shape index (κ1) is 18.4. The molecular weight excluding hydrogens is 356 g/mol. The lowest BCUT2D eigenvalue weighted by Gasteiger charge is -2.26. The van der Waals surface area contributed by atoms with E-state index in [2.05, 4.69) is 25.7 Å². The molecule has 1 atom stereocenters. The highest BCUT2D eigenvalue weighted by Crippen LogP contribution is 2.26. The Balaban J connectivity index is 1.71. The van der Waals surface area contributed by atoms with Crippen molar-refractivity contribution in [2.75, 3.05) is 37.9 Å². The quantitative estimate of drug-likeness (QED) is 0.782. The number of nitrogens with zero attached hydrogens (tertiary/aromatic N) is 6. The summed E-state index contributed by atoms with van der Waals surface area (Å²) in [6.07, 6.45) is 7.34. The zero-order valence-electron chi connectivity index (χ0n) is 15.1. The lowest BCUT2D eigenvalue weighted by atomic mass is 10.3. The largest absolute Gasteiger partial charge is 0.347 e. The molecule has 0 unspecified atom stereocenters. The number of carbonyl (C=O) groups is 1. The van der Waals surface area contributed by atoms with Crippen LogP contribution in [-0.4, -0.2) is 64.4 Å². The number of anilines is 3. The van der Waals surface area contributed by atoms with Crippen LogP contribution in [0.15, 0.2) is 18.6 Å². The molecule has 1 fully saturated rings. The average molecular weight is 379 g/mol. The van der Waals surface area contributed by atoms with Crippen molar-refractivity contribution in [2.24, 2.45) is 0 Å². The summed E-state index contributed by atoms with van der Waals surface area (Å²) in [6, 6.07) is 0. The number of amides is 1. The van der Waals surface area contributed by atoms with E-state index in [1.54, 1.807) is 37.4 Å². The van der Waals surface area contributed by atoms with Crippen LogP contribution >= 0.6 is 11.6 Å². The van der Waals surface area contributed by atoms with Gasteiger partial charge in [0.25, 0.3) is 0 Å². The van der Waals surface area contributed by atoms with Crippen molar-refractivity contribution in [3.8, 4) is 0 Å². The van der Waals surface area contributed by atoms with E-state index in [9.17, 15) is 4.79 Å². The van der Waals surface area contributed by atoms with Crippen molar-refractivity contribution in [2.45, 2.75) is 25.6 Å². The molecule has 0 aromatic carbocycles. The molecule has 0 bridgehead atoms. The molecule has 1 aliphatic rings. The molecule has 3 rings (SSSR count). The predicted octanol–water partition coefficient (Wildman–Crippen LogP) is 1.30. The van der Waals surface area contributed by atoms with Crippen LogP contribution in [0.1, 0.15) is 12.8 Å². The van der Waals surface area contributed by atoms with Crippen LogP contribution in [0.25, 0.3) is 0 Å². The van der Waals surface area contributed by atoms with Gasteiger partial charge in [-0.05, 0) is 19.4 Å². The van der Waals surface area contributed by atoms with Gasteiger partial charge < -0.3 is 15.1 Å². The number of halogens is 1.